The Kier molecular flexibility index (Phi) is 10.5. The van der Waals surface area contributed by atoms with E-state index in [-0.39, 0.29) is 5.92 Å². The molecule has 2 saturated heterocycles. The van der Waals surface area contributed by atoms with Crippen molar-refractivity contribution in [1.29, 1.82) is 0 Å². The number of carbonyl (C=O) groups excluding carboxylic acids is 1. The lowest BCUT2D eigenvalue weighted by Crippen LogP contribution is -2.46. The molecule has 1 amide bonds. The number of aromatic nitrogens is 4. The summed E-state index contributed by atoms with van der Waals surface area (Å²) in [6.45, 7) is 8.70. The third-order valence-corrected chi connectivity index (χ3v) is 6.45. The number of hydrogen-bond donors (Lipinski definition) is 2. The van der Waals surface area contributed by atoms with Gasteiger partial charge in [0.05, 0.1) is 24.3 Å². The molecule has 0 radical (unpaired) electrons. The maximum atomic E-state index is 13.1. The molecule has 0 unspecified atom stereocenters. The maximum Gasteiger partial charge on any atom is 0.225 e. The standard InChI is InChI=1S/C24H34N8O.C2H6/c1-25-9-3-4-19-15-27-24(28-16-19)31-10-5-21(6-11-31)23(33)30-12-7-22(8-13-30)32-18-20(14-26-2)17-29-32;1-2/h15-18,21-22,25-26H,5-14H2,1-2H3;1-2H3. The van der Waals surface area contributed by atoms with Crippen LogP contribution in [0.4, 0.5) is 5.95 Å². The molecule has 2 aliphatic rings. The van der Waals surface area contributed by atoms with E-state index in [2.05, 4.69) is 58.2 Å². The van der Waals surface area contributed by atoms with Crippen molar-refractivity contribution in [3.05, 3.63) is 35.9 Å². The van der Waals surface area contributed by atoms with Crippen LogP contribution in [0.5, 0.6) is 0 Å². The molecule has 0 atom stereocenters. The summed E-state index contributed by atoms with van der Waals surface area (Å²) in [6.07, 6.45) is 11.2. The fourth-order valence-electron chi connectivity index (χ4n) is 4.59. The first-order valence-electron chi connectivity index (χ1n) is 12.8. The summed E-state index contributed by atoms with van der Waals surface area (Å²) in [5.74, 6) is 7.17. The number of nitrogens with zero attached hydrogens (tertiary/aromatic N) is 6. The fraction of sp³-hybridized carbons (Fsp3) is 0.615. The summed E-state index contributed by atoms with van der Waals surface area (Å²) in [5, 5.41) is 10.7. The first-order valence-corrected chi connectivity index (χ1v) is 12.8. The fourth-order valence-corrected chi connectivity index (χ4v) is 4.59. The summed E-state index contributed by atoms with van der Waals surface area (Å²) < 4.78 is 2.07. The zero-order chi connectivity index (χ0) is 25.0. The summed E-state index contributed by atoms with van der Waals surface area (Å²) in [4.78, 5) is 26.3. The van der Waals surface area contributed by atoms with Gasteiger partial charge in [-0.2, -0.15) is 5.10 Å². The van der Waals surface area contributed by atoms with E-state index in [9.17, 15) is 4.79 Å². The van der Waals surface area contributed by atoms with Crippen LogP contribution in [0, 0.1) is 17.8 Å². The van der Waals surface area contributed by atoms with E-state index in [1.807, 2.05) is 34.1 Å². The van der Waals surface area contributed by atoms with Crippen LogP contribution in [0.2, 0.25) is 0 Å². The van der Waals surface area contributed by atoms with E-state index in [1.54, 1.807) is 12.4 Å². The summed E-state index contributed by atoms with van der Waals surface area (Å²) in [7, 11) is 3.81. The number of amides is 1. The highest BCUT2D eigenvalue weighted by atomic mass is 16.2. The van der Waals surface area contributed by atoms with Crippen molar-refractivity contribution in [2.75, 3.05) is 51.7 Å². The number of piperidine rings is 2. The molecule has 2 aliphatic heterocycles. The van der Waals surface area contributed by atoms with E-state index in [0.29, 0.717) is 18.5 Å². The minimum Gasteiger partial charge on any atom is -0.342 e. The molecule has 4 heterocycles. The molecule has 9 nitrogen and oxygen atoms in total. The van der Waals surface area contributed by atoms with Gasteiger partial charge in [-0.1, -0.05) is 25.7 Å². The van der Waals surface area contributed by atoms with Gasteiger partial charge in [0.1, 0.15) is 0 Å². The van der Waals surface area contributed by atoms with Crippen LogP contribution in [0.25, 0.3) is 0 Å². The topological polar surface area (TPSA) is 91.2 Å². The van der Waals surface area contributed by atoms with Gasteiger partial charge in [0, 0.05) is 62.8 Å². The van der Waals surface area contributed by atoms with Gasteiger partial charge in [0.25, 0.3) is 0 Å². The highest BCUT2D eigenvalue weighted by Gasteiger charge is 2.32. The molecule has 0 bridgehead atoms. The molecule has 0 aromatic carbocycles. The van der Waals surface area contributed by atoms with Crippen molar-refractivity contribution in [3.8, 4) is 11.8 Å². The number of anilines is 1. The lowest BCUT2D eigenvalue weighted by Gasteiger charge is -2.37. The van der Waals surface area contributed by atoms with Gasteiger partial charge in [-0.3, -0.25) is 9.48 Å². The van der Waals surface area contributed by atoms with Crippen molar-refractivity contribution in [2.24, 2.45) is 5.92 Å². The van der Waals surface area contributed by atoms with Crippen molar-refractivity contribution < 1.29 is 4.79 Å². The summed E-state index contributed by atoms with van der Waals surface area (Å²) in [6, 6.07) is 0.379. The molecule has 35 heavy (non-hydrogen) atoms. The number of nitrogens with one attached hydrogen (secondary N) is 2. The van der Waals surface area contributed by atoms with Crippen LogP contribution >= 0.6 is 0 Å². The normalized spacial score (nSPS) is 16.8. The molecule has 0 aliphatic carbocycles. The average molecular weight is 481 g/mol. The molecule has 0 spiro atoms. The van der Waals surface area contributed by atoms with Crippen LogP contribution in [0.3, 0.4) is 0 Å². The molecule has 2 aromatic heterocycles. The average Bonchev–Trinajstić information content (AvgIpc) is 3.39. The van der Waals surface area contributed by atoms with E-state index >= 15 is 0 Å². The third-order valence-electron chi connectivity index (χ3n) is 6.45. The van der Waals surface area contributed by atoms with E-state index in [4.69, 9.17) is 0 Å². The van der Waals surface area contributed by atoms with Gasteiger partial charge >= 0.3 is 0 Å². The lowest BCUT2D eigenvalue weighted by molar-refractivity contribution is -0.137. The largest absolute Gasteiger partial charge is 0.342 e. The first-order chi connectivity index (χ1) is 17.2. The van der Waals surface area contributed by atoms with Crippen LogP contribution in [-0.2, 0) is 11.3 Å². The van der Waals surface area contributed by atoms with Crippen LogP contribution in [0.15, 0.2) is 24.8 Å². The van der Waals surface area contributed by atoms with Crippen molar-refractivity contribution in [3.63, 3.8) is 0 Å². The Labute approximate surface area is 209 Å². The van der Waals surface area contributed by atoms with Gasteiger partial charge in [0.2, 0.25) is 11.9 Å². The Balaban J connectivity index is 0.00000167. The number of likely N-dealkylation sites (tertiary alicyclic amines) is 1. The predicted octanol–water partition coefficient (Wildman–Crippen LogP) is 2.07. The van der Waals surface area contributed by atoms with Gasteiger partial charge < -0.3 is 20.4 Å². The molecule has 190 valence electrons. The highest BCUT2D eigenvalue weighted by Crippen LogP contribution is 2.27. The third kappa shape index (κ3) is 7.26. The molecule has 2 N–H and O–H groups in total. The Bertz CT molecular complexity index is 961. The smallest absolute Gasteiger partial charge is 0.225 e. The second-order valence-electron chi connectivity index (χ2n) is 8.78. The lowest BCUT2D eigenvalue weighted by atomic mass is 9.94. The molecular formula is C26H40N8O. The van der Waals surface area contributed by atoms with Gasteiger partial charge in [-0.05, 0) is 39.8 Å². The molecule has 9 heteroatoms. The molecule has 0 saturated carbocycles. The molecule has 4 rings (SSSR count). The zero-order valence-corrected chi connectivity index (χ0v) is 21.6. The van der Waals surface area contributed by atoms with Crippen LogP contribution in [-0.4, -0.2) is 77.4 Å². The Morgan fingerprint density at radius 2 is 1.69 bits per heavy atom. The zero-order valence-electron chi connectivity index (χ0n) is 21.6. The number of carbonyl (C=O) groups is 1. The van der Waals surface area contributed by atoms with Gasteiger partial charge in [0.15, 0.2) is 0 Å². The van der Waals surface area contributed by atoms with E-state index in [1.165, 1.54) is 5.56 Å². The second-order valence-corrected chi connectivity index (χ2v) is 8.78. The minimum atomic E-state index is 0.0939. The SMILES string of the molecule is CC.CNCC#Cc1cnc(N2CCC(C(=O)N3CCC(n4cc(CNC)cn4)CC3)CC2)nc1. The maximum absolute atomic E-state index is 13.1. The van der Waals surface area contributed by atoms with Crippen LogP contribution < -0.4 is 15.5 Å². The predicted molar refractivity (Wildman–Crippen MR) is 139 cm³/mol. The van der Waals surface area contributed by atoms with E-state index < -0.39 is 0 Å². The number of rotatable bonds is 6. The first kappa shape index (κ1) is 26.6. The van der Waals surface area contributed by atoms with E-state index in [0.717, 1.165) is 69.9 Å². The molecule has 2 aromatic rings. The highest BCUT2D eigenvalue weighted by molar-refractivity contribution is 5.79. The monoisotopic (exact) mass is 480 g/mol. The molecule has 2 fully saturated rings. The summed E-state index contributed by atoms with van der Waals surface area (Å²) in [5.41, 5.74) is 2.01. The number of hydrogen-bond acceptors (Lipinski definition) is 7. The van der Waals surface area contributed by atoms with Crippen LogP contribution in [0.1, 0.15) is 56.7 Å². The van der Waals surface area contributed by atoms with Gasteiger partial charge in [-0.15, -0.1) is 0 Å². The second kappa shape index (κ2) is 13.8. The van der Waals surface area contributed by atoms with Crippen molar-refractivity contribution in [2.45, 2.75) is 52.1 Å². The van der Waals surface area contributed by atoms with Crippen molar-refractivity contribution >= 4 is 11.9 Å². The van der Waals surface area contributed by atoms with Crippen molar-refractivity contribution in [1.82, 2.24) is 35.3 Å². The van der Waals surface area contributed by atoms with Gasteiger partial charge in [-0.25, -0.2) is 9.97 Å². The summed E-state index contributed by atoms with van der Waals surface area (Å²) >= 11 is 0. The Hall–Kier alpha value is -2.96. The Morgan fingerprint density at radius 3 is 2.31 bits per heavy atom. The quantitative estimate of drug-likeness (QED) is 0.612. The molecular weight excluding hydrogens is 440 g/mol. The minimum absolute atomic E-state index is 0.0939. The Morgan fingerprint density at radius 1 is 1.00 bits per heavy atom.